The van der Waals surface area contributed by atoms with Gasteiger partial charge in [0.2, 0.25) is 18.4 Å². The van der Waals surface area contributed by atoms with Crippen LogP contribution in [-0.4, -0.2) is 36.2 Å². The van der Waals surface area contributed by atoms with Gasteiger partial charge in [-0.05, 0) is 43.0 Å². The van der Waals surface area contributed by atoms with Crippen molar-refractivity contribution in [2.24, 2.45) is 11.3 Å². The van der Waals surface area contributed by atoms with Crippen LogP contribution in [0.2, 0.25) is 0 Å². The molecule has 0 spiro atoms. The van der Waals surface area contributed by atoms with Gasteiger partial charge in [0.25, 0.3) is 0 Å². The van der Waals surface area contributed by atoms with E-state index in [1.807, 2.05) is 24.3 Å². The maximum absolute atomic E-state index is 12.7. The van der Waals surface area contributed by atoms with Crippen LogP contribution in [-0.2, 0) is 14.3 Å². The third kappa shape index (κ3) is 2.40. The Labute approximate surface area is 157 Å². The first-order valence-electron chi connectivity index (χ1n) is 9.30. The van der Waals surface area contributed by atoms with E-state index in [-0.39, 0.29) is 18.8 Å². The summed E-state index contributed by atoms with van der Waals surface area (Å²) in [5, 5.41) is 11.4. The van der Waals surface area contributed by atoms with Crippen molar-refractivity contribution in [3.05, 3.63) is 48.6 Å². The summed E-state index contributed by atoms with van der Waals surface area (Å²) >= 11 is 0. The summed E-state index contributed by atoms with van der Waals surface area (Å²) in [6.45, 7) is 4.77. The highest BCUT2D eigenvalue weighted by molar-refractivity contribution is 5.97. The van der Waals surface area contributed by atoms with Crippen LogP contribution in [0.3, 0.4) is 0 Å². The van der Waals surface area contributed by atoms with Gasteiger partial charge in [-0.25, -0.2) is 0 Å². The quantitative estimate of drug-likeness (QED) is 0.634. The second-order valence-electron chi connectivity index (χ2n) is 7.71. The summed E-state index contributed by atoms with van der Waals surface area (Å²) in [6.07, 6.45) is 6.48. The van der Waals surface area contributed by atoms with E-state index < -0.39 is 23.1 Å². The molecule has 2 fully saturated rings. The van der Waals surface area contributed by atoms with Crippen molar-refractivity contribution in [3.8, 4) is 11.5 Å². The van der Waals surface area contributed by atoms with Crippen LogP contribution in [0.1, 0.15) is 30.9 Å². The van der Waals surface area contributed by atoms with Crippen molar-refractivity contribution < 1.29 is 28.8 Å². The summed E-state index contributed by atoms with van der Waals surface area (Å²) in [5.41, 5.74) is 0.108. The van der Waals surface area contributed by atoms with Gasteiger partial charge in [-0.3, -0.25) is 4.79 Å². The molecule has 5 atom stereocenters. The summed E-state index contributed by atoms with van der Waals surface area (Å²) in [7, 11) is 0. The number of ketones is 1. The van der Waals surface area contributed by atoms with E-state index in [4.69, 9.17) is 18.9 Å². The lowest BCUT2D eigenvalue weighted by Crippen LogP contribution is -2.54. The van der Waals surface area contributed by atoms with Crippen molar-refractivity contribution >= 4 is 5.78 Å². The Morgan fingerprint density at radius 3 is 2.89 bits per heavy atom. The summed E-state index contributed by atoms with van der Waals surface area (Å²) in [6, 6.07) is 5.64. The Hall–Kier alpha value is -2.15. The average molecular weight is 370 g/mol. The standard InChI is InChI=1S/C21H22O6/c1-2-7-20-8-3-4-18(22)21(20,23)27-19(15(20)10-14-11-24-14)13-5-6-16-17(9-13)26-12-25-16/h2-6,9,14-15,19,23H,1,7-8,10-12H2/t14?,15-,19-,20-,21-/m1/s1. The number of rotatable bonds is 5. The molecule has 0 saturated carbocycles. The molecular weight excluding hydrogens is 348 g/mol. The van der Waals surface area contributed by atoms with Crippen molar-refractivity contribution in [3.63, 3.8) is 0 Å². The number of carbonyl (C=O) groups excluding carboxylic acids is 1. The van der Waals surface area contributed by atoms with Crippen LogP contribution in [0.4, 0.5) is 0 Å². The highest BCUT2D eigenvalue weighted by atomic mass is 16.7. The van der Waals surface area contributed by atoms with Gasteiger partial charge in [-0.15, -0.1) is 6.58 Å². The second kappa shape index (κ2) is 5.92. The Bertz CT molecular complexity index is 828. The lowest BCUT2D eigenvalue weighted by molar-refractivity contribution is -0.229. The van der Waals surface area contributed by atoms with Crippen LogP contribution >= 0.6 is 0 Å². The first-order valence-corrected chi connectivity index (χ1v) is 9.30. The third-order valence-electron chi connectivity index (χ3n) is 6.29. The molecule has 6 heteroatoms. The van der Waals surface area contributed by atoms with Gasteiger partial charge < -0.3 is 24.1 Å². The van der Waals surface area contributed by atoms with E-state index >= 15 is 0 Å². The average Bonchev–Trinajstić information content (AvgIpc) is 3.29. The molecule has 27 heavy (non-hydrogen) atoms. The number of allylic oxidation sites excluding steroid dienone is 2. The van der Waals surface area contributed by atoms with Crippen molar-refractivity contribution in [2.45, 2.75) is 37.3 Å². The molecule has 1 aliphatic carbocycles. The van der Waals surface area contributed by atoms with Crippen LogP contribution in [0.5, 0.6) is 11.5 Å². The first-order chi connectivity index (χ1) is 13.1. The van der Waals surface area contributed by atoms with Gasteiger partial charge in [0.1, 0.15) is 0 Å². The van der Waals surface area contributed by atoms with Crippen molar-refractivity contribution in [1.82, 2.24) is 0 Å². The molecule has 2 saturated heterocycles. The van der Waals surface area contributed by atoms with Crippen LogP contribution in [0, 0.1) is 11.3 Å². The van der Waals surface area contributed by atoms with Crippen molar-refractivity contribution in [1.29, 1.82) is 0 Å². The Morgan fingerprint density at radius 2 is 2.11 bits per heavy atom. The van der Waals surface area contributed by atoms with Crippen LogP contribution in [0.15, 0.2) is 43.0 Å². The Morgan fingerprint density at radius 1 is 1.30 bits per heavy atom. The SMILES string of the molecule is C=CC[C@]12CC=CC(=O)[C@@]1(O)O[C@H](c1ccc3c(c1)OCO3)[C@H]2CC1CO1. The predicted molar refractivity (Wildman–Crippen MR) is 95.2 cm³/mol. The van der Waals surface area contributed by atoms with Gasteiger partial charge in [0.15, 0.2) is 11.5 Å². The van der Waals surface area contributed by atoms with Crippen LogP contribution in [0.25, 0.3) is 0 Å². The number of aliphatic hydroxyl groups is 1. The summed E-state index contributed by atoms with van der Waals surface area (Å²) in [4.78, 5) is 12.7. The smallest absolute Gasteiger partial charge is 0.237 e. The number of hydrogen-bond donors (Lipinski definition) is 1. The minimum atomic E-state index is -1.86. The third-order valence-corrected chi connectivity index (χ3v) is 6.29. The summed E-state index contributed by atoms with van der Waals surface area (Å²) in [5.74, 6) is -1.02. The van der Waals surface area contributed by atoms with Gasteiger partial charge in [0, 0.05) is 11.3 Å². The first kappa shape index (κ1) is 17.0. The largest absolute Gasteiger partial charge is 0.454 e. The molecule has 142 valence electrons. The van der Waals surface area contributed by atoms with E-state index in [1.54, 1.807) is 6.08 Å². The molecule has 1 aromatic carbocycles. The highest BCUT2D eigenvalue weighted by Gasteiger charge is 2.68. The molecular formula is C21H22O6. The molecule has 4 aliphatic rings. The number of benzene rings is 1. The predicted octanol–water partition coefficient (Wildman–Crippen LogP) is 2.67. The monoisotopic (exact) mass is 370 g/mol. The van der Waals surface area contributed by atoms with Crippen molar-refractivity contribution in [2.75, 3.05) is 13.4 Å². The normalized spacial score (nSPS) is 38.7. The Balaban J connectivity index is 1.60. The number of hydrogen-bond acceptors (Lipinski definition) is 6. The number of carbonyl (C=O) groups is 1. The zero-order valence-corrected chi connectivity index (χ0v) is 14.9. The van der Waals surface area contributed by atoms with Gasteiger partial charge in [-0.1, -0.05) is 18.2 Å². The lowest BCUT2D eigenvalue weighted by Gasteiger charge is -2.43. The minimum absolute atomic E-state index is 0.0951. The topological polar surface area (TPSA) is 77.5 Å². The zero-order valence-electron chi connectivity index (χ0n) is 14.9. The maximum atomic E-state index is 12.7. The molecule has 1 unspecified atom stereocenters. The minimum Gasteiger partial charge on any atom is -0.454 e. The number of ether oxygens (including phenoxy) is 4. The second-order valence-corrected chi connectivity index (χ2v) is 7.71. The number of epoxide rings is 1. The molecule has 0 bridgehead atoms. The number of fused-ring (bicyclic) bond motifs is 2. The fourth-order valence-corrected chi connectivity index (χ4v) is 4.86. The molecule has 0 amide bonds. The Kier molecular flexibility index (Phi) is 3.73. The lowest BCUT2D eigenvalue weighted by atomic mass is 9.60. The zero-order chi connectivity index (χ0) is 18.6. The van der Waals surface area contributed by atoms with Crippen LogP contribution < -0.4 is 9.47 Å². The van der Waals surface area contributed by atoms with E-state index in [1.165, 1.54) is 6.08 Å². The molecule has 3 heterocycles. The van der Waals surface area contributed by atoms with E-state index in [9.17, 15) is 9.90 Å². The molecule has 5 rings (SSSR count). The molecule has 1 aromatic rings. The highest BCUT2D eigenvalue weighted by Crippen LogP contribution is 2.63. The molecule has 0 radical (unpaired) electrons. The molecule has 6 nitrogen and oxygen atoms in total. The van der Waals surface area contributed by atoms with E-state index in [0.29, 0.717) is 30.9 Å². The summed E-state index contributed by atoms with van der Waals surface area (Å²) < 4.78 is 22.5. The molecule has 3 aliphatic heterocycles. The van der Waals surface area contributed by atoms with E-state index in [0.717, 1.165) is 12.0 Å². The fourth-order valence-electron chi connectivity index (χ4n) is 4.86. The fraction of sp³-hybridized carbons (Fsp3) is 0.476. The maximum Gasteiger partial charge on any atom is 0.237 e. The van der Waals surface area contributed by atoms with Gasteiger partial charge in [-0.2, -0.15) is 0 Å². The van der Waals surface area contributed by atoms with E-state index in [2.05, 4.69) is 6.58 Å². The molecule has 1 N–H and O–H groups in total. The van der Waals surface area contributed by atoms with Gasteiger partial charge in [0.05, 0.1) is 18.8 Å². The van der Waals surface area contributed by atoms with Gasteiger partial charge >= 0.3 is 0 Å². The molecule has 0 aromatic heterocycles.